The van der Waals surface area contributed by atoms with E-state index >= 15 is 0 Å². The van der Waals surface area contributed by atoms with E-state index in [0.717, 1.165) is 18.4 Å². The van der Waals surface area contributed by atoms with Gasteiger partial charge in [-0.2, -0.15) is 0 Å². The molecular formula is C24H31BrClN5O3. The van der Waals surface area contributed by atoms with Crippen molar-refractivity contribution in [1.82, 2.24) is 20.6 Å². The van der Waals surface area contributed by atoms with Crippen LogP contribution < -0.4 is 32.5 Å². The monoisotopic (exact) mass is 551 g/mol. The molecule has 0 spiro atoms. The number of amides is 3. The van der Waals surface area contributed by atoms with E-state index in [-0.39, 0.29) is 54.2 Å². The van der Waals surface area contributed by atoms with Crippen molar-refractivity contribution in [3.63, 3.8) is 0 Å². The molecule has 2 heterocycles. The predicted octanol–water partition coefficient (Wildman–Crippen LogP) is -0.730. The van der Waals surface area contributed by atoms with Gasteiger partial charge in [0.05, 0.1) is 24.8 Å². The maximum atomic E-state index is 13.3. The summed E-state index contributed by atoms with van der Waals surface area (Å²) >= 11 is 6.24. The van der Waals surface area contributed by atoms with Gasteiger partial charge in [-0.3, -0.25) is 14.8 Å². The Balaban J connectivity index is 0.00000324. The standard InChI is InChI=1S/C24H30ClN5O3.BrH/c25-20-7-3-6-18(12-20)22(17-4-1-2-5-17)29-23(31)19-8-11-33-16-30(24(32)28-13-19)15-21-14-26-9-10-27-21;/h3,6-7,9-10,12,14,17,19,22H,1-2,4-5,8,11,13,15-16H2,(H,28,32)(H,29,31);1H/t19-,22?;/m1./s1. The summed E-state index contributed by atoms with van der Waals surface area (Å²) in [5.41, 5.74) is 1.74. The minimum atomic E-state index is -0.368. The Bertz CT molecular complexity index is 945. The lowest BCUT2D eigenvalue weighted by Crippen LogP contribution is -3.15. The summed E-state index contributed by atoms with van der Waals surface area (Å²) in [7, 11) is 0. The number of carbonyl (C=O) groups is 2. The number of urea groups is 1. The van der Waals surface area contributed by atoms with Gasteiger partial charge in [-0.1, -0.05) is 36.6 Å². The lowest BCUT2D eigenvalue weighted by atomic mass is 9.90. The predicted molar refractivity (Wildman–Crippen MR) is 123 cm³/mol. The van der Waals surface area contributed by atoms with Crippen LogP contribution in [0.5, 0.6) is 0 Å². The van der Waals surface area contributed by atoms with Crippen molar-refractivity contribution in [1.29, 1.82) is 0 Å². The van der Waals surface area contributed by atoms with E-state index in [0.29, 0.717) is 41.1 Å². The molecule has 3 N–H and O–H groups in total. The molecule has 0 bridgehead atoms. The molecule has 2 fully saturated rings. The molecule has 8 nitrogen and oxygen atoms in total. The van der Waals surface area contributed by atoms with E-state index in [1.165, 1.54) is 12.8 Å². The van der Waals surface area contributed by atoms with Gasteiger partial charge in [0.15, 0.2) is 6.73 Å². The zero-order chi connectivity index (χ0) is 23.0. The van der Waals surface area contributed by atoms with E-state index in [1.54, 1.807) is 18.6 Å². The van der Waals surface area contributed by atoms with E-state index in [4.69, 9.17) is 16.3 Å². The van der Waals surface area contributed by atoms with Crippen molar-refractivity contribution in [2.24, 2.45) is 11.8 Å². The van der Waals surface area contributed by atoms with Crippen molar-refractivity contribution < 1.29 is 36.2 Å². The molecule has 3 amide bonds. The highest BCUT2D eigenvalue weighted by Gasteiger charge is 2.32. The van der Waals surface area contributed by atoms with E-state index < -0.39 is 0 Å². The molecule has 10 heteroatoms. The Morgan fingerprint density at radius 2 is 2.09 bits per heavy atom. The largest absolute Gasteiger partial charge is 1.00 e. The zero-order valence-electron chi connectivity index (χ0n) is 19.0. The Labute approximate surface area is 215 Å². The fourth-order valence-electron chi connectivity index (χ4n) is 4.66. The molecular weight excluding hydrogens is 522 g/mol. The lowest BCUT2D eigenvalue weighted by molar-refractivity contribution is -0.853. The fourth-order valence-corrected chi connectivity index (χ4v) is 4.86. The average Bonchev–Trinajstić information content (AvgIpc) is 3.37. The quantitative estimate of drug-likeness (QED) is 0.439. The van der Waals surface area contributed by atoms with Crippen LogP contribution in [0.15, 0.2) is 42.9 Å². The van der Waals surface area contributed by atoms with Gasteiger partial charge < -0.3 is 32.4 Å². The molecule has 1 aliphatic heterocycles. The van der Waals surface area contributed by atoms with Crippen molar-refractivity contribution in [3.05, 3.63) is 59.1 Å². The average molecular weight is 553 g/mol. The van der Waals surface area contributed by atoms with Gasteiger partial charge >= 0.3 is 6.03 Å². The summed E-state index contributed by atoms with van der Waals surface area (Å²) in [6.07, 6.45) is 9.90. The van der Waals surface area contributed by atoms with E-state index in [2.05, 4.69) is 20.6 Å². The number of rotatable bonds is 6. The second-order valence-electron chi connectivity index (χ2n) is 8.81. The number of halogens is 2. The summed E-state index contributed by atoms with van der Waals surface area (Å²) < 4.78 is 5.75. The van der Waals surface area contributed by atoms with Crippen molar-refractivity contribution in [2.45, 2.75) is 44.7 Å². The summed E-state index contributed by atoms with van der Waals surface area (Å²) in [6, 6.07) is 7.45. The Morgan fingerprint density at radius 1 is 1.26 bits per heavy atom. The Hall–Kier alpha value is -2.07. The van der Waals surface area contributed by atoms with Crippen molar-refractivity contribution in [2.75, 3.05) is 19.9 Å². The lowest BCUT2D eigenvalue weighted by Gasteiger charge is -2.27. The molecule has 2 aromatic rings. The first kappa shape index (κ1) is 26.5. The molecule has 2 unspecified atom stereocenters. The van der Waals surface area contributed by atoms with Gasteiger partial charge in [0.25, 0.3) is 0 Å². The number of nitrogens with one attached hydrogen (secondary N) is 3. The first-order valence-electron chi connectivity index (χ1n) is 11.6. The van der Waals surface area contributed by atoms with Crippen LogP contribution in [-0.4, -0.2) is 41.8 Å². The number of quaternary nitrogens is 1. The van der Waals surface area contributed by atoms with Crippen LogP contribution in [0.3, 0.4) is 0 Å². The van der Waals surface area contributed by atoms with E-state index in [1.807, 2.05) is 24.3 Å². The van der Waals surface area contributed by atoms with Crippen LogP contribution in [-0.2, 0) is 16.1 Å². The number of aromatic nitrogens is 2. The summed E-state index contributed by atoms with van der Waals surface area (Å²) in [4.78, 5) is 34.9. The number of ether oxygens (including phenoxy) is 1. The third-order valence-electron chi connectivity index (χ3n) is 6.48. The van der Waals surface area contributed by atoms with Gasteiger partial charge in [0, 0.05) is 24.0 Å². The highest BCUT2D eigenvalue weighted by atomic mass is 79.9. The molecule has 34 heavy (non-hydrogen) atoms. The van der Waals surface area contributed by atoms with Crippen LogP contribution >= 0.6 is 11.6 Å². The highest BCUT2D eigenvalue weighted by Crippen LogP contribution is 2.36. The van der Waals surface area contributed by atoms with Crippen LogP contribution in [0.25, 0.3) is 0 Å². The van der Waals surface area contributed by atoms with Gasteiger partial charge in [-0.25, -0.2) is 9.69 Å². The van der Waals surface area contributed by atoms with Crippen molar-refractivity contribution >= 4 is 23.5 Å². The second kappa shape index (κ2) is 13.1. The van der Waals surface area contributed by atoms with Gasteiger partial charge in [-0.15, -0.1) is 0 Å². The molecule has 1 aliphatic carbocycles. The maximum Gasteiger partial charge on any atom is 0.417 e. The zero-order valence-corrected chi connectivity index (χ0v) is 21.4. The third-order valence-corrected chi connectivity index (χ3v) is 6.71. The fraction of sp³-hybridized carbons (Fsp3) is 0.500. The smallest absolute Gasteiger partial charge is 0.417 e. The molecule has 0 radical (unpaired) electrons. The molecule has 4 rings (SSSR count). The van der Waals surface area contributed by atoms with E-state index in [9.17, 15) is 9.59 Å². The Morgan fingerprint density at radius 3 is 2.82 bits per heavy atom. The summed E-state index contributed by atoms with van der Waals surface area (Å²) in [6.45, 7) is 1.26. The molecule has 1 saturated heterocycles. The number of hydrogen-bond donors (Lipinski definition) is 3. The highest BCUT2D eigenvalue weighted by molar-refractivity contribution is 6.30. The first-order valence-corrected chi connectivity index (χ1v) is 12.0. The molecule has 2 aliphatic rings. The van der Waals surface area contributed by atoms with Crippen LogP contribution in [0.4, 0.5) is 4.79 Å². The minimum absolute atomic E-state index is 0. The number of carbonyl (C=O) groups excluding carboxylic acids is 2. The van der Waals surface area contributed by atoms with Gasteiger partial charge in [-0.05, 0) is 42.9 Å². The molecule has 3 atom stereocenters. The molecule has 1 aromatic carbocycles. The molecule has 1 saturated carbocycles. The summed E-state index contributed by atoms with van der Waals surface area (Å²) in [5, 5.41) is 6.87. The van der Waals surface area contributed by atoms with Crippen LogP contribution in [0.1, 0.15) is 49.4 Å². The number of benzene rings is 1. The van der Waals surface area contributed by atoms with Crippen LogP contribution in [0.2, 0.25) is 5.02 Å². The van der Waals surface area contributed by atoms with Gasteiger partial charge in [0.2, 0.25) is 5.91 Å². The van der Waals surface area contributed by atoms with Crippen molar-refractivity contribution in [3.8, 4) is 0 Å². The van der Waals surface area contributed by atoms with Crippen LogP contribution in [0, 0.1) is 11.8 Å². The third kappa shape index (κ3) is 7.21. The summed E-state index contributed by atoms with van der Waals surface area (Å²) in [5.74, 6) is -0.0393. The first-order chi connectivity index (χ1) is 16.1. The van der Waals surface area contributed by atoms with Gasteiger partial charge in [0.1, 0.15) is 12.2 Å². The number of hydrogen-bond acceptors (Lipinski definition) is 5. The minimum Gasteiger partial charge on any atom is -1.00 e. The second-order valence-corrected chi connectivity index (χ2v) is 9.25. The normalized spacial score (nSPS) is 22.4. The topological polar surface area (TPSA) is 97.7 Å². The Kier molecular flexibility index (Phi) is 10.2. The SMILES string of the molecule is O=C(NC(c1cccc(Cl)c1)C1CCCC1)[C@@H]1CCOC[NH+](Cc2cnccn2)C(=O)NC1.[Br-]. The maximum absolute atomic E-state index is 13.3. The molecule has 1 aromatic heterocycles. The number of nitrogens with zero attached hydrogens (tertiary/aromatic N) is 2. The molecule has 184 valence electrons.